The Hall–Kier alpha value is -2.67. The molecule has 0 amide bonds. The van der Waals surface area contributed by atoms with Crippen molar-refractivity contribution in [3.8, 4) is 0 Å². The van der Waals surface area contributed by atoms with Gasteiger partial charge < -0.3 is 0 Å². The minimum atomic E-state index is 0.0755. The molecule has 0 aliphatic heterocycles. The Morgan fingerprint density at radius 2 is 1.91 bits per heavy atom. The van der Waals surface area contributed by atoms with Crippen molar-refractivity contribution in [1.29, 1.82) is 0 Å². The van der Waals surface area contributed by atoms with Crippen LogP contribution in [0.1, 0.15) is 28.2 Å². The maximum atomic E-state index is 11.6. The minimum absolute atomic E-state index is 0.0755. The largest absolute Gasteiger partial charge is 0.290 e. The van der Waals surface area contributed by atoms with E-state index in [-0.39, 0.29) is 5.78 Å². The molecule has 1 aromatic rings. The smallest absolute Gasteiger partial charge is 0.179 e. The van der Waals surface area contributed by atoms with E-state index >= 15 is 0 Å². The van der Waals surface area contributed by atoms with E-state index in [1.807, 2.05) is 6.08 Å². The van der Waals surface area contributed by atoms with Crippen LogP contribution in [-0.2, 0) is 11.2 Å². The number of allylic oxidation sites excluding steroid dienone is 10. The second-order valence-electron chi connectivity index (χ2n) is 6.12. The summed E-state index contributed by atoms with van der Waals surface area (Å²) in [6.45, 7) is 0. The average Bonchev–Trinajstić information content (AvgIpc) is 3.02. The zero-order valence-electron chi connectivity index (χ0n) is 12.0. The van der Waals surface area contributed by atoms with Gasteiger partial charge in [-0.25, -0.2) is 0 Å². The number of benzene rings is 1. The highest BCUT2D eigenvalue weighted by atomic mass is 16.1. The molecule has 4 aliphatic rings. The average molecular weight is 282 g/mol. The lowest BCUT2D eigenvalue weighted by atomic mass is 9.74. The highest BCUT2D eigenvalue weighted by Crippen LogP contribution is 2.44. The summed E-state index contributed by atoms with van der Waals surface area (Å²) < 4.78 is 0. The maximum absolute atomic E-state index is 11.6. The van der Waals surface area contributed by atoms with Gasteiger partial charge in [0, 0.05) is 5.92 Å². The zero-order chi connectivity index (χ0) is 14.7. The highest BCUT2D eigenvalue weighted by molar-refractivity contribution is 6.03. The molecule has 0 N–H and O–H groups in total. The maximum Gasteiger partial charge on any atom is 0.179 e. The lowest BCUT2D eigenvalue weighted by Gasteiger charge is -2.29. The summed E-state index contributed by atoms with van der Waals surface area (Å²) in [5.74, 6) is 0.377. The molecule has 1 nitrogen and oxygen atoms in total. The first-order valence-electron chi connectivity index (χ1n) is 7.68. The van der Waals surface area contributed by atoms with Gasteiger partial charge in [0.2, 0.25) is 0 Å². The summed E-state index contributed by atoms with van der Waals surface area (Å²) >= 11 is 0. The Morgan fingerprint density at radius 1 is 0.955 bits per heavy atom. The SMILES string of the molecule is O=C1C=CC2=C3C=Cc4c(ccc5c4CC=C5)C3C=CC2=C1. The van der Waals surface area contributed by atoms with Crippen LogP contribution in [0.3, 0.4) is 0 Å². The first-order valence-corrected chi connectivity index (χ1v) is 7.68. The minimum Gasteiger partial charge on any atom is -0.290 e. The fourth-order valence-corrected chi connectivity index (χ4v) is 3.91. The Morgan fingerprint density at radius 3 is 2.86 bits per heavy atom. The molecule has 0 aromatic heterocycles. The molecule has 22 heavy (non-hydrogen) atoms. The topological polar surface area (TPSA) is 17.1 Å². The molecular formula is C21H14O. The predicted octanol–water partition coefficient (Wildman–Crippen LogP) is 4.30. The molecule has 0 fully saturated rings. The third-order valence-electron chi connectivity index (χ3n) is 4.95. The van der Waals surface area contributed by atoms with Gasteiger partial charge in [-0.2, -0.15) is 0 Å². The van der Waals surface area contributed by atoms with E-state index in [1.165, 1.54) is 33.4 Å². The fraction of sp³-hybridized carbons (Fsp3) is 0.0952. The van der Waals surface area contributed by atoms with Gasteiger partial charge in [-0.1, -0.05) is 54.7 Å². The molecule has 0 saturated carbocycles. The highest BCUT2D eigenvalue weighted by Gasteiger charge is 2.28. The van der Waals surface area contributed by atoms with Crippen LogP contribution >= 0.6 is 0 Å². The van der Waals surface area contributed by atoms with E-state index < -0.39 is 0 Å². The van der Waals surface area contributed by atoms with Gasteiger partial charge >= 0.3 is 0 Å². The van der Waals surface area contributed by atoms with Crippen molar-refractivity contribution in [3.05, 3.63) is 93.6 Å². The quantitative estimate of drug-likeness (QED) is 0.693. The van der Waals surface area contributed by atoms with Gasteiger partial charge in [-0.05, 0) is 57.5 Å². The van der Waals surface area contributed by atoms with E-state index in [0.29, 0.717) is 5.92 Å². The summed E-state index contributed by atoms with van der Waals surface area (Å²) in [5.41, 5.74) is 9.08. The monoisotopic (exact) mass is 282 g/mol. The normalized spacial score (nSPS) is 23.2. The first-order chi connectivity index (χ1) is 10.8. The van der Waals surface area contributed by atoms with Crippen molar-refractivity contribution in [2.75, 3.05) is 0 Å². The molecule has 0 radical (unpaired) electrons. The van der Waals surface area contributed by atoms with Crippen LogP contribution in [-0.4, -0.2) is 5.78 Å². The number of ketones is 1. The number of rotatable bonds is 0. The Balaban J connectivity index is 1.72. The first kappa shape index (κ1) is 11.9. The molecule has 0 spiro atoms. The predicted molar refractivity (Wildman–Crippen MR) is 89.4 cm³/mol. The van der Waals surface area contributed by atoms with Crippen LogP contribution in [0.5, 0.6) is 0 Å². The third-order valence-corrected chi connectivity index (χ3v) is 4.95. The van der Waals surface area contributed by atoms with Gasteiger partial charge in [0.25, 0.3) is 0 Å². The molecule has 1 heteroatoms. The molecule has 0 heterocycles. The van der Waals surface area contributed by atoms with Crippen molar-refractivity contribution < 1.29 is 4.79 Å². The zero-order valence-corrected chi connectivity index (χ0v) is 12.0. The summed E-state index contributed by atoms with van der Waals surface area (Å²) in [5, 5.41) is 0. The van der Waals surface area contributed by atoms with Gasteiger partial charge in [-0.3, -0.25) is 4.79 Å². The van der Waals surface area contributed by atoms with Crippen molar-refractivity contribution in [2.45, 2.75) is 12.3 Å². The van der Waals surface area contributed by atoms with Crippen molar-refractivity contribution >= 4 is 17.9 Å². The second kappa shape index (κ2) is 4.17. The van der Waals surface area contributed by atoms with Crippen LogP contribution in [0.15, 0.2) is 71.4 Å². The lowest BCUT2D eigenvalue weighted by Crippen LogP contribution is -2.14. The molecule has 1 atom stereocenters. The van der Waals surface area contributed by atoms with Gasteiger partial charge in [0.05, 0.1) is 0 Å². The molecule has 0 saturated heterocycles. The Bertz CT molecular complexity index is 913. The van der Waals surface area contributed by atoms with E-state index in [0.717, 1.165) is 12.0 Å². The number of hydrogen-bond acceptors (Lipinski definition) is 1. The molecule has 4 aliphatic carbocycles. The van der Waals surface area contributed by atoms with Crippen molar-refractivity contribution in [1.82, 2.24) is 0 Å². The van der Waals surface area contributed by atoms with Crippen LogP contribution < -0.4 is 0 Å². The van der Waals surface area contributed by atoms with Gasteiger partial charge in [0.1, 0.15) is 0 Å². The van der Waals surface area contributed by atoms with E-state index in [9.17, 15) is 4.79 Å². The molecule has 1 aromatic carbocycles. The van der Waals surface area contributed by atoms with E-state index in [4.69, 9.17) is 0 Å². The third kappa shape index (κ3) is 1.51. The molecular weight excluding hydrogens is 268 g/mol. The summed E-state index contributed by atoms with van der Waals surface area (Å²) in [6.07, 6.45) is 19.7. The number of carbonyl (C=O) groups excluding carboxylic acids is 1. The van der Waals surface area contributed by atoms with Crippen LogP contribution in [0.25, 0.3) is 12.2 Å². The Kier molecular flexibility index (Phi) is 2.26. The molecule has 5 rings (SSSR count). The van der Waals surface area contributed by atoms with Crippen molar-refractivity contribution in [3.63, 3.8) is 0 Å². The van der Waals surface area contributed by atoms with Gasteiger partial charge in [0.15, 0.2) is 5.78 Å². The molecule has 1 unspecified atom stereocenters. The van der Waals surface area contributed by atoms with E-state index in [1.54, 1.807) is 12.2 Å². The summed E-state index contributed by atoms with van der Waals surface area (Å²) in [4.78, 5) is 11.6. The molecule has 0 bridgehead atoms. The standard InChI is InChI=1S/C21H14O/c22-15-6-9-17-14(12-15)5-8-21-19(17)11-10-18-16-3-1-2-13(16)4-7-20(18)21/h1-2,4-12,21H,3H2. The Labute approximate surface area is 129 Å². The second-order valence-corrected chi connectivity index (χ2v) is 6.12. The van der Waals surface area contributed by atoms with Crippen molar-refractivity contribution in [2.24, 2.45) is 0 Å². The van der Waals surface area contributed by atoms with Crippen LogP contribution in [0.4, 0.5) is 0 Å². The fourth-order valence-electron chi connectivity index (χ4n) is 3.91. The van der Waals surface area contributed by atoms with Crippen LogP contribution in [0, 0.1) is 0 Å². The lowest BCUT2D eigenvalue weighted by molar-refractivity contribution is -0.110. The summed E-state index contributed by atoms with van der Waals surface area (Å²) in [6, 6.07) is 4.49. The number of carbonyl (C=O) groups is 1. The molecule has 104 valence electrons. The number of hydrogen-bond donors (Lipinski definition) is 0. The number of fused-ring (bicyclic) bond motifs is 6. The van der Waals surface area contributed by atoms with Gasteiger partial charge in [-0.15, -0.1) is 0 Å². The van der Waals surface area contributed by atoms with E-state index in [2.05, 4.69) is 48.6 Å². The summed E-state index contributed by atoms with van der Waals surface area (Å²) in [7, 11) is 0. The van der Waals surface area contributed by atoms with Crippen LogP contribution in [0.2, 0.25) is 0 Å².